The molecule has 0 saturated carbocycles. The number of rotatable bonds is 3. The summed E-state index contributed by atoms with van der Waals surface area (Å²) in [6.07, 6.45) is 2.56. The van der Waals surface area contributed by atoms with Crippen LogP contribution in [0.3, 0.4) is 0 Å². The van der Waals surface area contributed by atoms with Gasteiger partial charge < -0.3 is 10.1 Å². The van der Waals surface area contributed by atoms with Crippen LogP contribution in [0.4, 0.5) is 14.5 Å². The van der Waals surface area contributed by atoms with Crippen molar-refractivity contribution in [1.29, 1.82) is 0 Å². The van der Waals surface area contributed by atoms with Gasteiger partial charge in [-0.3, -0.25) is 0 Å². The molecule has 2 nitrogen and oxygen atoms in total. The zero-order chi connectivity index (χ0) is 14.0. The molecule has 0 amide bonds. The SMILES string of the molecule is CCC1(C)CC(Nc2cc(Br)c(F)cc2F)CCO1. The predicted octanol–water partition coefficient (Wildman–Crippen LogP) is 4.49. The molecule has 1 aliphatic heterocycles. The Bertz CT molecular complexity index is 469. The van der Waals surface area contributed by atoms with Crippen molar-refractivity contribution in [3.8, 4) is 0 Å². The van der Waals surface area contributed by atoms with Crippen LogP contribution in [0.1, 0.15) is 33.1 Å². The van der Waals surface area contributed by atoms with Crippen LogP contribution in [0.5, 0.6) is 0 Å². The fraction of sp³-hybridized carbons (Fsp3) is 0.571. The fourth-order valence-electron chi connectivity index (χ4n) is 2.35. The van der Waals surface area contributed by atoms with Gasteiger partial charge in [0.1, 0.15) is 11.6 Å². The molecule has 1 fully saturated rings. The second-order valence-corrected chi connectivity index (χ2v) is 6.09. The molecule has 1 N–H and O–H groups in total. The molecular formula is C14H18BrF2NO. The first-order valence-corrected chi connectivity index (χ1v) is 7.28. The van der Waals surface area contributed by atoms with Gasteiger partial charge in [-0.15, -0.1) is 0 Å². The fourth-order valence-corrected chi connectivity index (χ4v) is 2.70. The minimum atomic E-state index is -0.589. The third-order valence-electron chi connectivity index (χ3n) is 3.71. The Kier molecular flexibility index (Phi) is 4.46. The molecule has 19 heavy (non-hydrogen) atoms. The van der Waals surface area contributed by atoms with E-state index in [1.54, 1.807) is 0 Å². The second-order valence-electron chi connectivity index (χ2n) is 5.23. The van der Waals surface area contributed by atoms with Crippen LogP contribution in [0.2, 0.25) is 0 Å². The van der Waals surface area contributed by atoms with Gasteiger partial charge in [0.05, 0.1) is 15.8 Å². The van der Waals surface area contributed by atoms with E-state index >= 15 is 0 Å². The van der Waals surface area contributed by atoms with Gasteiger partial charge >= 0.3 is 0 Å². The summed E-state index contributed by atoms with van der Waals surface area (Å²) in [6, 6.07) is 2.49. The van der Waals surface area contributed by atoms with E-state index in [1.165, 1.54) is 6.07 Å². The Morgan fingerprint density at radius 1 is 1.42 bits per heavy atom. The zero-order valence-corrected chi connectivity index (χ0v) is 12.7. The highest BCUT2D eigenvalue weighted by Crippen LogP contribution is 2.31. The number of hydrogen-bond donors (Lipinski definition) is 1. The highest BCUT2D eigenvalue weighted by molar-refractivity contribution is 9.10. The molecular weight excluding hydrogens is 316 g/mol. The van der Waals surface area contributed by atoms with Crippen LogP contribution in [0, 0.1) is 11.6 Å². The molecule has 0 radical (unpaired) electrons. The van der Waals surface area contributed by atoms with Gasteiger partial charge in [-0.25, -0.2) is 8.78 Å². The van der Waals surface area contributed by atoms with E-state index in [4.69, 9.17) is 4.74 Å². The molecule has 0 bridgehead atoms. The summed E-state index contributed by atoms with van der Waals surface area (Å²) in [5.41, 5.74) is 0.169. The van der Waals surface area contributed by atoms with Gasteiger partial charge in [0.15, 0.2) is 0 Å². The zero-order valence-electron chi connectivity index (χ0n) is 11.1. The van der Waals surface area contributed by atoms with Crippen LogP contribution in [0.15, 0.2) is 16.6 Å². The number of hydrogen-bond acceptors (Lipinski definition) is 2. The summed E-state index contributed by atoms with van der Waals surface area (Å²) < 4.78 is 32.9. The summed E-state index contributed by atoms with van der Waals surface area (Å²) in [5, 5.41) is 3.16. The Morgan fingerprint density at radius 3 is 2.84 bits per heavy atom. The molecule has 2 atom stereocenters. The summed E-state index contributed by atoms with van der Waals surface area (Å²) in [5.74, 6) is -1.15. The molecule has 0 spiro atoms. The van der Waals surface area contributed by atoms with Crippen molar-refractivity contribution in [2.24, 2.45) is 0 Å². The number of halogens is 3. The number of benzene rings is 1. The van der Waals surface area contributed by atoms with Crippen molar-refractivity contribution in [3.05, 3.63) is 28.2 Å². The molecule has 0 aliphatic carbocycles. The van der Waals surface area contributed by atoms with Gasteiger partial charge in [0.25, 0.3) is 0 Å². The highest BCUT2D eigenvalue weighted by atomic mass is 79.9. The summed E-state index contributed by atoms with van der Waals surface area (Å²) in [6.45, 7) is 4.81. The van der Waals surface area contributed by atoms with Crippen LogP contribution >= 0.6 is 15.9 Å². The van der Waals surface area contributed by atoms with Gasteiger partial charge in [-0.05, 0) is 48.2 Å². The molecule has 1 aromatic rings. The normalized spacial score (nSPS) is 27.3. The third kappa shape index (κ3) is 3.45. The van der Waals surface area contributed by atoms with Crippen molar-refractivity contribution >= 4 is 21.6 Å². The van der Waals surface area contributed by atoms with Crippen molar-refractivity contribution in [3.63, 3.8) is 0 Å². The summed E-state index contributed by atoms with van der Waals surface area (Å²) in [4.78, 5) is 0. The van der Waals surface area contributed by atoms with Crippen LogP contribution in [0.25, 0.3) is 0 Å². The van der Waals surface area contributed by atoms with Crippen molar-refractivity contribution in [1.82, 2.24) is 0 Å². The molecule has 2 unspecified atom stereocenters. The monoisotopic (exact) mass is 333 g/mol. The molecule has 0 aromatic heterocycles. The maximum absolute atomic E-state index is 13.7. The summed E-state index contributed by atoms with van der Waals surface area (Å²) >= 11 is 3.07. The Hall–Kier alpha value is -0.680. The maximum Gasteiger partial charge on any atom is 0.149 e. The lowest BCUT2D eigenvalue weighted by Crippen LogP contribution is -2.42. The van der Waals surface area contributed by atoms with E-state index in [2.05, 4.69) is 35.1 Å². The van der Waals surface area contributed by atoms with Gasteiger partial charge in [-0.1, -0.05) is 6.92 Å². The van der Waals surface area contributed by atoms with Crippen molar-refractivity contribution < 1.29 is 13.5 Å². The largest absolute Gasteiger partial charge is 0.380 e. The Labute approximate surface area is 120 Å². The van der Waals surface area contributed by atoms with Crippen LogP contribution in [-0.4, -0.2) is 18.2 Å². The van der Waals surface area contributed by atoms with Gasteiger partial charge in [-0.2, -0.15) is 0 Å². The van der Waals surface area contributed by atoms with E-state index in [-0.39, 0.29) is 16.1 Å². The van der Waals surface area contributed by atoms with Gasteiger partial charge in [0, 0.05) is 18.7 Å². The molecule has 106 valence electrons. The first kappa shape index (κ1) is 14.7. The molecule has 1 aromatic carbocycles. The van der Waals surface area contributed by atoms with Crippen LogP contribution in [-0.2, 0) is 4.74 Å². The van der Waals surface area contributed by atoms with Crippen LogP contribution < -0.4 is 5.32 Å². The minimum Gasteiger partial charge on any atom is -0.380 e. The average molecular weight is 334 g/mol. The van der Waals surface area contributed by atoms with E-state index in [0.717, 1.165) is 25.3 Å². The number of anilines is 1. The summed E-state index contributed by atoms with van der Waals surface area (Å²) in [7, 11) is 0. The lowest BCUT2D eigenvalue weighted by molar-refractivity contribution is -0.0709. The average Bonchev–Trinajstić information content (AvgIpc) is 2.36. The maximum atomic E-state index is 13.7. The third-order valence-corrected chi connectivity index (χ3v) is 4.32. The molecule has 1 heterocycles. The Morgan fingerprint density at radius 2 is 2.16 bits per heavy atom. The minimum absolute atomic E-state index is 0.144. The highest BCUT2D eigenvalue weighted by Gasteiger charge is 2.31. The van der Waals surface area contributed by atoms with E-state index in [1.807, 2.05) is 0 Å². The second kappa shape index (κ2) is 5.75. The molecule has 1 saturated heterocycles. The van der Waals surface area contributed by atoms with Gasteiger partial charge in [0.2, 0.25) is 0 Å². The predicted molar refractivity (Wildman–Crippen MR) is 75.4 cm³/mol. The van der Waals surface area contributed by atoms with E-state index < -0.39 is 11.6 Å². The lowest BCUT2D eigenvalue weighted by Gasteiger charge is -2.38. The van der Waals surface area contributed by atoms with Crippen molar-refractivity contribution in [2.75, 3.05) is 11.9 Å². The van der Waals surface area contributed by atoms with E-state index in [9.17, 15) is 8.78 Å². The molecule has 2 rings (SSSR count). The first-order valence-electron chi connectivity index (χ1n) is 6.48. The quantitative estimate of drug-likeness (QED) is 0.823. The van der Waals surface area contributed by atoms with Crippen molar-refractivity contribution in [2.45, 2.75) is 44.8 Å². The standard InChI is InChI=1S/C14H18BrF2NO/c1-3-14(2)8-9(4-5-19-14)18-13-6-10(15)11(16)7-12(13)17/h6-7,9,18H,3-5,8H2,1-2H3. The smallest absolute Gasteiger partial charge is 0.149 e. The van der Waals surface area contributed by atoms with E-state index in [0.29, 0.717) is 12.3 Å². The molecule has 5 heteroatoms. The lowest BCUT2D eigenvalue weighted by atomic mass is 9.90. The molecule has 1 aliphatic rings. The number of ether oxygens (including phenoxy) is 1. The Balaban J connectivity index is 2.11. The topological polar surface area (TPSA) is 21.3 Å². The number of nitrogens with one attached hydrogen (secondary N) is 1. The first-order chi connectivity index (χ1) is 8.93.